The number of piperazine rings is 1. The van der Waals surface area contributed by atoms with Crippen LogP contribution in [0.5, 0.6) is 5.75 Å². The number of unbranched alkanes of at least 4 members (excludes halogenated alkanes) is 1. The summed E-state index contributed by atoms with van der Waals surface area (Å²) in [7, 11) is 0. The van der Waals surface area contributed by atoms with E-state index >= 15 is 0 Å². The monoisotopic (exact) mass is 434 g/mol. The minimum absolute atomic E-state index is 0.142. The summed E-state index contributed by atoms with van der Waals surface area (Å²) in [6.45, 7) is 4.37. The fraction of sp³-hybridized carbons (Fsp3) is 0.400. The number of rotatable bonds is 6. The van der Waals surface area contributed by atoms with Gasteiger partial charge in [0.05, 0.1) is 10.9 Å². The predicted octanol–water partition coefficient (Wildman–Crippen LogP) is 1.57. The quantitative estimate of drug-likeness (QED) is 0.717. The Balaban J connectivity index is 1.62. The van der Waals surface area contributed by atoms with Gasteiger partial charge in [0.25, 0.3) is 5.91 Å². The van der Waals surface area contributed by atoms with E-state index in [9.17, 15) is 15.0 Å². The van der Waals surface area contributed by atoms with Gasteiger partial charge in [0, 0.05) is 31.4 Å². The van der Waals surface area contributed by atoms with Gasteiger partial charge in [0.1, 0.15) is 17.7 Å². The first-order valence-corrected chi connectivity index (χ1v) is 11.3. The van der Waals surface area contributed by atoms with E-state index in [-0.39, 0.29) is 11.7 Å². The molecule has 4 rings (SSSR count). The van der Waals surface area contributed by atoms with Crippen LogP contribution >= 0.6 is 0 Å². The molecule has 7 nitrogen and oxygen atoms in total. The third kappa shape index (κ3) is 4.67. The Morgan fingerprint density at radius 1 is 1.16 bits per heavy atom. The van der Waals surface area contributed by atoms with Crippen molar-refractivity contribution in [2.24, 2.45) is 0 Å². The highest BCUT2D eigenvalue weighted by Crippen LogP contribution is 2.25. The molecule has 1 saturated heterocycles. The molecule has 168 valence electrons. The van der Waals surface area contributed by atoms with Crippen molar-refractivity contribution in [3.8, 4) is 17.1 Å². The van der Waals surface area contributed by atoms with Crippen molar-refractivity contribution in [2.75, 3.05) is 31.1 Å². The molecule has 1 aromatic carbocycles. The number of fused-ring (bicyclic) bond motifs is 1. The van der Waals surface area contributed by atoms with Gasteiger partial charge in [0.15, 0.2) is 5.82 Å². The molecule has 1 aromatic heterocycles. The molecular weight excluding hydrogens is 404 g/mol. The highest BCUT2D eigenvalue weighted by molar-refractivity contribution is 5.81. The van der Waals surface area contributed by atoms with Crippen molar-refractivity contribution in [1.29, 1.82) is 0 Å². The molecular formula is C25H30N4O3. The van der Waals surface area contributed by atoms with Crippen LogP contribution in [0.1, 0.15) is 32.6 Å². The van der Waals surface area contributed by atoms with E-state index < -0.39 is 6.10 Å². The Bertz CT molecular complexity index is 1120. The van der Waals surface area contributed by atoms with E-state index in [1.807, 2.05) is 31.2 Å². The molecule has 1 aliphatic heterocycles. The van der Waals surface area contributed by atoms with Gasteiger partial charge < -0.3 is 20.0 Å². The predicted molar refractivity (Wildman–Crippen MR) is 125 cm³/mol. The molecule has 1 aliphatic carbocycles. The lowest BCUT2D eigenvalue weighted by molar-refractivity contribution is -0.140. The zero-order chi connectivity index (χ0) is 22.5. The number of nitrogens with zero attached hydrogens (tertiary/aromatic N) is 4. The van der Waals surface area contributed by atoms with Gasteiger partial charge in [-0.15, -0.1) is 0 Å². The van der Waals surface area contributed by atoms with E-state index in [0.717, 1.165) is 35.6 Å². The van der Waals surface area contributed by atoms with E-state index in [4.69, 9.17) is 9.97 Å². The highest BCUT2D eigenvalue weighted by Gasteiger charge is 2.27. The van der Waals surface area contributed by atoms with Crippen molar-refractivity contribution >= 4 is 23.9 Å². The molecule has 2 N–H and O–H groups in total. The normalized spacial score (nSPS) is 16.6. The van der Waals surface area contributed by atoms with Crippen LogP contribution in [0.4, 0.5) is 5.82 Å². The number of amides is 1. The van der Waals surface area contributed by atoms with Crippen LogP contribution in [0.25, 0.3) is 23.5 Å². The van der Waals surface area contributed by atoms with Crippen LogP contribution < -0.4 is 15.5 Å². The van der Waals surface area contributed by atoms with Crippen molar-refractivity contribution in [1.82, 2.24) is 14.9 Å². The van der Waals surface area contributed by atoms with Gasteiger partial charge in [-0.25, -0.2) is 9.97 Å². The summed E-state index contributed by atoms with van der Waals surface area (Å²) in [6, 6.07) is 7.07. The number of phenolic OH excluding ortho intramolecular Hbond substituents is 1. The summed E-state index contributed by atoms with van der Waals surface area (Å²) >= 11 is 0. The SMILES string of the molecule is CCCCC(O)C(=O)N1CCN(c2nc(-c3ccccc3O)nc3c2=CCC=CC=3)CC1. The summed E-state index contributed by atoms with van der Waals surface area (Å²) in [5.41, 5.74) is 0.589. The van der Waals surface area contributed by atoms with Gasteiger partial charge in [-0.05, 0) is 31.1 Å². The Morgan fingerprint density at radius 3 is 2.69 bits per heavy atom. The zero-order valence-electron chi connectivity index (χ0n) is 18.4. The summed E-state index contributed by atoms with van der Waals surface area (Å²) in [4.78, 5) is 26.1. The second-order valence-electron chi connectivity index (χ2n) is 8.19. The number of anilines is 1. The molecule has 2 aromatic rings. The minimum atomic E-state index is -0.918. The minimum Gasteiger partial charge on any atom is -0.507 e. The van der Waals surface area contributed by atoms with Crippen molar-refractivity contribution in [3.63, 3.8) is 0 Å². The second kappa shape index (κ2) is 9.96. The largest absolute Gasteiger partial charge is 0.507 e. The number of phenols is 1. The molecule has 1 amide bonds. The molecule has 1 atom stereocenters. The number of aromatic nitrogens is 2. The fourth-order valence-corrected chi connectivity index (χ4v) is 4.12. The maximum absolute atomic E-state index is 12.6. The molecule has 7 heteroatoms. The number of hydrogen-bond acceptors (Lipinski definition) is 6. The molecule has 1 unspecified atom stereocenters. The van der Waals surface area contributed by atoms with Gasteiger partial charge in [-0.1, -0.05) is 50.1 Å². The standard InChI is InChI=1S/C25H30N4O3/c1-2-3-12-22(31)25(32)29-16-14-28(15-17-29)24-18-9-5-4-6-11-20(18)26-23(27-24)19-10-7-8-13-21(19)30/h4,6-11,13,22,30-31H,2-3,5,12,14-17H2,1H3. The third-order valence-corrected chi connectivity index (χ3v) is 5.96. The van der Waals surface area contributed by atoms with E-state index in [1.165, 1.54) is 0 Å². The number of para-hydroxylation sites is 1. The van der Waals surface area contributed by atoms with Crippen molar-refractivity contribution in [3.05, 3.63) is 47.0 Å². The number of carbonyl (C=O) groups excluding carboxylic acids is 1. The first-order valence-electron chi connectivity index (χ1n) is 11.3. The summed E-state index contributed by atoms with van der Waals surface area (Å²) in [6.07, 6.45) is 10.3. The average molecular weight is 435 g/mol. The average Bonchev–Trinajstić information content (AvgIpc) is 3.07. The number of aliphatic hydroxyl groups is 1. The Kier molecular flexibility index (Phi) is 6.85. The van der Waals surface area contributed by atoms with Crippen LogP contribution in [0.2, 0.25) is 0 Å². The number of hydrogen-bond donors (Lipinski definition) is 2. The van der Waals surface area contributed by atoms with Gasteiger partial charge in [-0.2, -0.15) is 0 Å². The van der Waals surface area contributed by atoms with Crippen LogP contribution in [-0.4, -0.2) is 63.3 Å². The Labute approximate surface area is 188 Å². The fourth-order valence-electron chi connectivity index (χ4n) is 4.12. The van der Waals surface area contributed by atoms with Crippen LogP contribution in [0.15, 0.2) is 36.4 Å². The molecule has 2 aliphatic rings. The molecule has 0 bridgehead atoms. The smallest absolute Gasteiger partial charge is 0.251 e. The maximum atomic E-state index is 12.6. The molecule has 2 heterocycles. The third-order valence-electron chi connectivity index (χ3n) is 5.96. The van der Waals surface area contributed by atoms with Crippen LogP contribution in [0, 0.1) is 0 Å². The lowest BCUT2D eigenvalue weighted by Gasteiger charge is -2.36. The van der Waals surface area contributed by atoms with E-state index in [1.54, 1.807) is 17.0 Å². The van der Waals surface area contributed by atoms with Crippen LogP contribution in [0.3, 0.4) is 0 Å². The molecule has 1 fully saturated rings. The number of allylic oxidation sites excluding steroid dienone is 2. The van der Waals surface area contributed by atoms with E-state index in [2.05, 4.69) is 17.1 Å². The maximum Gasteiger partial charge on any atom is 0.251 e. The lowest BCUT2D eigenvalue weighted by atomic mass is 10.1. The van der Waals surface area contributed by atoms with Gasteiger partial charge in [-0.3, -0.25) is 4.79 Å². The Morgan fingerprint density at radius 2 is 1.94 bits per heavy atom. The topological polar surface area (TPSA) is 89.8 Å². The number of benzene rings is 1. The lowest BCUT2D eigenvalue weighted by Crippen LogP contribution is -2.53. The first kappa shape index (κ1) is 22.0. The van der Waals surface area contributed by atoms with Crippen LogP contribution in [-0.2, 0) is 4.79 Å². The highest BCUT2D eigenvalue weighted by atomic mass is 16.3. The molecule has 0 radical (unpaired) electrons. The summed E-state index contributed by atoms with van der Waals surface area (Å²) in [5.74, 6) is 1.25. The van der Waals surface area contributed by atoms with Crippen molar-refractivity contribution < 1.29 is 15.0 Å². The molecule has 32 heavy (non-hydrogen) atoms. The molecule has 0 spiro atoms. The number of aliphatic hydroxyl groups excluding tert-OH is 1. The summed E-state index contributed by atoms with van der Waals surface area (Å²) < 4.78 is 0. The van der Waals surface area contributed by atoms with Crippen molar-refractivity contribution in [2.45, 2.75) is 38.7 Å². The first-order chi connectivity index (χ1) is 15.6. The Hall–Kier alpha value is -3.19. The zero-order valence-corrected chi connectivity index (χ0v) is 18.4. The number of carbonyl (C=O) groups is 1. The van der Waals surface area contributed by atoms with Gasteiger partial charge in [0.2, 0.25) is 0 Å². The number of aromatic hydroxyl groups is 1. The van der Waals surface area contributed by atoms with Gasteiger partial charge >= 0.3 is 0 Å². The summed E-state index contributed by atoms with van der Waals surface area (Å²) in [5, 5.41) is 22.3. The second-order valence-corrected chi connectivity index (χ2v) is 8.19. The van der Waals surface area contributed by atoms with E-state index in [0.29, 0.717) is 44.0 Å². The molecule has 0 saturated carbocycles.